The molecular formula is C13H18ClN3O. The lowest BCUT2D eigenvalue weighted by atomic mass is 9.86. The van der Waals surface area contributed by atoms with Crippen molar-refractivity contribution >= 4 is 11.6 Å². The molecule has 5 heteroatoms. The standard InChI is InChI=1S/C13H18ClN3O/c1-12-5-6-13(2,17-12)8-9(7-12)18-11-4-3-10(14)15-16-11/h3-4,9,17H,5-8H2,1-2H3. The van der Waals surface area contributed by atoms with Crippen LogP contribution < -0.4 is 10.1 Å². The van der Waals surface area contributed by atoms with Crippen LogP contribution in [-0.4, -0.2) is 27.4 Å². The minimum Gasteiger partial charge on any atom is -0.473 e. The minimum absolute atomic E-state index is 0.206. The first-order chi connectivity index (χ1) is 8.46. The van der Waals surface area contributed by atoms with Gasteiger partial charge in [0.2, 0.25) is 5.88 Å². The Balaban J connectivity index is 1.72. The summed E-state index contributed by atoms with van der Waals surface area (Å²) in [7, 11) is 0. The molecule has 2 saturated heterocycles. The van der Waals surface area contributed by atoms with Gasteiger partial charge in [-0.25, -0.2) is 0 Å². The van der Waals surface area contributed by atoms with Gasteiger partial charge in [-0.15, -0.1) is 10.2 Å². The van der Waals surface area contributed by atoms with Crippen molar-refractivity contribution in [1.29, 1.82) is 0 Å². The van der Waals surface area contributed by atoms with Crippen molar-refractivity contribution in [3.05, 3.63) is 17.3 Å². The average molecular weight is 268 g/mol. The summed E-state index contributed by atoms with van der Waals surface area (Å²) in [5.74, 6) is 0.568. The number of fused-ring (bicyclic) bond motifs is 2. The van der Waals surface area contributed by atoms with E-state index in [4.69, 9.17) is 16.3 Å². The van der Waals surface area contributed by atoms with Crippen LogP contribution in [0.2, 0.25) is 5.15 Å². The number of nitrogens with zero attached hydrogens (tertiary/aromatic N) is 2. The van der Waals surface area contributed by atoms with Crippen molar-refractivity contribution < 1.29 is 4.74 Å². The predicted molar refractivity (Wildman–Crippen MR) is 69.9 cm³/mol. The van der Waals surface area contributed by atoms with Crippen LogP contribution in [0.3, 0.4) is 0 Å². The van der Waals surface area contributed by atoms with Gasteiger partial charge in [0, 0.05) is 30.0 Å². The highest BCUT2D eigenvalue weighted by Gasteiger charge is 2.49. The smallest absolute Gasteiger partial charge is 0.233 e. The molecule has 0 spiro atoms. The first-order valence-corrected chi connectivity index (χ1v) is 6.80. The Hall–Kier alpha value is -0.870. The summed E-state index contributed by atoms with van der Waals surface area (Å²) in [5.41, 5.74) is 0.412. The van der Waals surface area contributed by atoms with Gasteiger partial charge in [0.1, 0.15) is 6.10 Å². The molecule has 0 aromatic carbocycles. The normalized spacial score (nSPS) is 38.7. The van der Waals surface area contributed by atoms with Crippen LogP contribution in [0.15, 0.2) is 12.1 Å². The van der Waals surface area contributed by atoms with E-state index in [1.54, 1.807) is 12.1 Å². The molecule has 3 heterocycles. The molecule has 0 aliphatic carbocycles. The molecule has 4 nitrogen and oxygen atoms in total. The van der Waals surface area contributed by atoms with E-state index in [1.165, 1.54) is 12.8 Å². The van der Waals surface area contributed by atoms with Crippen molar-refractivity contribution in [3.8, 4) is 5.88 Å². The van der Waals surface area contributed by atoms with Gasteiger partial charge in [0.25, 0.3) is 0 Å². The Morgan fingerprint density at radius 1 is 1.22 bits per heavy atom. The second-order valence-corrected chi connectivity index (χ2v) is 6.48. The number of ether oxygens (including phenoxy) is 1. The Bertz CT molecular complexity index is 434. The molecule has 0 amide bonds. The van der Waals surface area contributed by atoms with E-state index in [0.29, 0.717) is 11.0 Å². The Morgan fingerprint density at radius 2 is 1.89 bits per heavy atom. The van der Waals surface area contributed by atoms with Gasteiger partial charge in [0.05, 0.1) is 0 Å². The molecule has 18 heavy (non-hydrogen) atoms. The average Bonchev–Trinajstić information content (AvgIpc) is 2.51. The number of hydrogen-bond donors (Lipinski definition) is 1. The molecule has 2 atom stereocenters. The number of aromatic nitrogens is 2. The van der Waals surface area contributed by atoms with E-state index in [0.717, 1.165) is 12.8 Å². The molecule has 2 aliphatic rings. The summed E-state index contributed by atoms with van der Waals surface area (Å²) in [6.07, 6.45) is 4.68. The van der Waals surface area contributed by atoms with Crippen LogP contribution in [0, 0.1) is 0 Å². The fourth-order valence-corrected chi connectivity index (χ4v) is 3.51. The van der Waals surface area contributed by atoms with Gasteiger partial charge in [-0.1, -0.05) is 11.6 Å². The van der Waals surface area contributed by atoms with Crippen molar-refractivity contribution in [2.75, 3.05) is 0 Å². The summed E-state index contributed by atoms with van der Waals surface area (Å²) in [4.78, 5) is 0. The molecule has 1 aromatic rings. The van der Waals surface area contributed by atoms with Crippen LogP contribution in [0.1, 0.15) is 39.5 Å². The summed E-state index contributed by atoms with van der Waals surface area (Å²) >= 11 is 5.72. The van der Waals surface area contributed by atoms with Gasteiger partial charge in [0.15, 0.2) is 5.15 Å². The van der Waals surface area contributed by atoms with Crippen molar-refractivity contribution in [3.63, 3.8) is 0 Å². The number of nitrogens with one attached hydrogen (secondary N) is 1. The maximum absolute atomic E-state index is 5.95. The third-order valence-electron chi connectivity index (χ3n) is 4.08. The highest BCUT2D eigenvalue weighted by atomic mass is 35.5. The molecule has 2 unspecified atom stereocenters. The molecule has 3 rings (SSSR count). The van der Waals surface area contributed by atoms with E-state index in [2.05, 4.69) is 29.4 Å². The summed E-state index contributed by atoms with van der Waals surface area (Å²) in [6.45, 7) is 4.56. The molecule has 2 fully saturated rings. The first kappa shape index (κ1) is 12.2. The SMILES string of the molecule is CC12CCC(C)(CC(Oc3ccc(Cl)nn3)C1)N2. The van der Waals surface area contributed by atoms with E-state index in [9.17, 15) is 0 Å². The van der Waals surface area contributed by atoms with Crippen LogP contribution in [-0.2, 0) is 0 Å². The van der Waals surface area contributed by atoms with Crippen LogP contribution >= 0.6 is 11.6 Å². The summed E-state index contributed by atoms with van der Waals surface area (Å²) in [6, 6.07) is 3.49. The second kappa shape index (κ2) is 4.07. The highest BCUT2D eigenvalue weighted by molar-refractivity contribution is 6.29. The number of hydrogen-bond acceptors (Lipinski definition) is 4. The van der Waals surface area contributed by atoms with Gasteiger partial charge in [-0.05, 0) is 32.8 Å². The monoisotopic (exact) mass is 267 g/mol. The Kier molecular flexibility index (Phi) is 2.75. The van der Waals surface area contributed by atoms with E-state index < -0.39 is 0 Å². The zero-order valence-corrected chi connectivity index (χ0v) is 11.5. The maximum Gasteiger partial charge on any atom is 0.233 e. The zero-order valence-electron chi connectivity index (χ0n) is 10.7. The molecule has 0 radical (unpaired) electrons. The van der Waals surface area contributed by atoms with Gasteiger partial charge in [-0.3, -0.25) is 0 Å². The van der Waals surface area contributed by atoms with Crippen molar-refractivity contribution in [1.82, 2.24) is 15.5 Å². The lowest BCUT2D eigenvalue weighted by Gasteiger charge is -2.41. The quantitative estimate of drug-likeness (QED) is 0.895. The van der Waals surface area contributed by atoms with Gasteiger partial charge in [-0.2, -0.15) is 0 Å². The molecule has 1 N–H and O–H groups in total. The maximum atomic E-state index is 5.95. The van der Waals surface area contributed by atoms with Crippen LogP contribution in [0.25, 0.3) is 0 Å². The van der Waals surface area contributed by atoms with Gasteiger partial charge >= 0.3 is 0 Å². The topological polar surface area (TPSA) is 47.0 Å². The largest absolute Gasteiger partial charge is 0.473 e. The van der Waals surface area contributed by atoms with Crippen molar-refractivity contribution in [2.24, 2.45) is 0 Å². The Labute approximate surface area is 112 Å². The predicted octanol–water partition coefficient (Wildman–Crippen LogP) is 2.57. The molecular weight excluding hydrogens is 250 g/mol. The lowest BCUT2D eigenvalue weighted by molar-refractivity contribution is 0.0753. The number of rotatable bonds is 2. The fourth-order valence-electron chi connectivity index (χ4n) is 3.41. The minimum atomic E-state index is 0.206. The molecule has 1 aromatic heterocycles. The molecule has 2 aliphatic heterocycles. The van der Waals surface area contributed by atoms with Crippen molar-refractivity contribution in [2.45, 2.75) is 56.7 Å². The third kappa shape index (κ3) is 2.31. The molecule has 2 bridgehead atoms. The lowest BCUT2D eigenvalue weighted by Crippen LogP contribution is -2.56. The zero-order chi connectivity index (χ0) is 12.8. The first-order valence-electron chi connectivity index (χ1n) is 6.42. The van der Waals surface area contributed by atoms with E-state index >= 15 is 0 Å². The third-order valence-corrected chi connectivity index (χ3v) is 4.29. The van der Waals surface area contributed by atoms with Crippen LogP contribution in [0.4, 0.5) is 0 Å². The molecule has 98 valence electrons. The van der Waals surface area contributed by atoms with E-state index in [-0.39, 0.29) is 17.2 Å². The number of halogens is 1. The summed E-state index contributed by atoms with van der Waals surface area (Å²) < 4.78 is 5.95. The molecule has 0 saturated carbocycles. The van der Waals surface area contributed by atoms with E-state index in [1.807, 2.05) is 0 Å². The number of piperidine rings is 1. The highest BCUT2D eigenvalue weighted by Crippen LogP contribution is 2.42. The second-order valence-electron chi connectivity index (χ2n) is 6.09. The van der Waals surface area contributed by atoms with Gasteiger partial charge < -0.3 is 10.1 Å². The Morgan fingerprint density at radius 3 is 2.44 bits per heavy atom. The fraction of sp³-hybridized carbons (Fsp3) is 0.692. The van der Waals surface area contributed by atoms with Crippen LogP contribution in [0.5, 0.6) is 5.88 Å². The summed E-state index contributed by atoms with van der Waals surface area (Å²) in [5, 5.41) is 11.9.